The number of anilines is 1. The fourth-order valence-electron chi connectivity index (χ4n) is 4.25. The van der Waals surface area contributed by atoms with E-state index >= 15 is 0 Å². The van der Waals surface area contributed by atoms with Crippen LogP contribution in [0.5, 0.6) is 0 Å². The van der Waals surface area contributed by atoms with Crippen LogP contribution >= 0.6 is 0 Å². The van der Waals surface area contributed by atoms with E-state index in [0.29, 0.717) is 24.9 Å². The summed E-state index contributed by atoms with van der Waals surface area (Å²) in [4.78, 5) is 23.6. The second kappa shape index (κ2) is 7.53. The Bertz CT molecular complexity index is 1110. The van der Waals surface area contributed by atoms with Crippen LogP contribution in [0.1, 0.15) is 40.7 Å². The van der Waals surface area contributed by atoms with Gasteiger partial charge in [0, 0.05) is 31.8 Å². The Morgan fingerprint density at radius 1 is 1.33 bits per heavy atom. The van der Waals surface area contributed by atoms with Gasteiger partial charge in [0.2, 0.25) is 5.82 Å². The van der Waals surface area contributed by atoms with E-state index < -0.39 is 0 Å². The molecule has 0 radical (unpaired) electrons. The highest BCUT2D eigenvalue weighted by molar-refractivity contribution is 5.94. The fraction of sp³-hybridized carbons (Fsp3) is 0.364. The summed E-state index contributed by atoms with van der Waals surface area (Å²) in [6.07, 6.45) is 4.42. The lowest BCUT2D eigenvalue weighted by Gasteiger charge is -2.22. The number of fused-ring (bicyclic) bond motifs is 2. The zero-order chi connectivity index (χ0) is 20.7. The van der Waals surface area contributed by atoms with Crippen LogP contribution in [0.15, 0.2) is 35.0 Å². The van der Waals surface area contributed by atoms with Gasteiger partial charge in [-0.15, -0.1) is 0 Å². The number of methoxy groups -OCH3 is 1. The SMILES string of the molecule is COCc1nc(-c2ccc3c(c2)CCC3NC(=O)N2CCc3ncc(C)cc32)no1. The van der Waals surface area contributed by atoms with Gasteiger partial charge in [-0.1, -0.05) is 17.3 Å². The van der Waals surface area contributed by atoms with Crippen molar-refractivity contribution in [2.24, 2.45) is 0 Å². The quantitative estimate of drug-likeness (QED) is 0.716. The number of aromatic nitrogens is 3. The number of nitrogens with one attached hydrogen (secondary N) is 1. The van der Waals surface area contributed by atoms with E-state index in [9.17, 15) is 4.79 Å². The van der Waals surface area contributed by atoms with Gasteiger partial charge in [-0.2, -0.15) is 4.98 Å². The zero-order valence-corrected chi connectivity index (χ0v) is 17.0. The Balaban J connectivity index is 1.32. The molecule has 1 aliphatic heterocycles. The molecule has 3 heterocycles. The first-order valence-corrected chi connectivity index (χ1v) is 10.1. The Hall–Kier alpha value is -3.26. The van der Waals surface area contributed by atoms with Crippen molar-refractivity contribution in [1.29, 1.82) is 0 Å². The van der Waals surface area contributed by atoms with Gasteiger partial charge >= 0.3 is 6.03 Å². The van der Waals surface area contributed by atoms with Crippen molar-refractivity contribution in [2.75, 3.05) is 18.6 Å². The number of amides is 2. The molecule has 1 atom stereocenters. The molecule has 1 unspecified atom stereocenters. The van der Waals surface area contributed by atoms with Crippen molar-refractivity contribution < 1.29 is 14.1 Å². The monoisotopic (exact) mass is 405 g/mol. The predicted molar refractivity (Wildman–Crippen MR) is 110 cm³/mol. The van der Waals surface area contributed by atoms with Crippen molar-refractivity contribution in [1.82, 2.24) is 20.4 Å². The molecule has 2 aliphatic rings. The van der Waals surface area contributed by atoms with Gasteiger partial charge in [-0.25, -0.2) is 4.79 Å². The van der Waals surface area contributed by atoms with E-state index in [1.54, 1.807) is 12.0 Å². The maximum Gasteiger partial charge on any atom is 0.322 e. The standard InChI is InChI=1S/C22H23N5O3/c1-13-9-19-18(23-11-13)7-8-27(19)22(28)24-17-6-4-14-10-15(3-5-16(14)17)21-25-20(12-29-2)30-26-21/h3,5,9-11,17H,4,6-8,12H2,1-2H3,(H,24,28). The van der Waals surface area contributed by atoms with E-state index in [0.717, 1.165) is 47.3 Å². The molecule has 1 aliphatic carbocycles. The first-order chi connectivity index (χ1) is 14.6. The molecule has 3 aromatic rings. The van der Waals surface area contributed by atoms with Gasteiger partial charge in [0.05, 0.1) is 17.4 Å². The van der Waals surface area contributed by atoms with Crippen LogP contribution in [-0.4, -0.2) is 34.8 Å². The molecular formula is C22H23N5O3. The number of ether oxygens (including phenoxy) is 1. The molecule has 154 valence electrons. The Kier molecular flexibility index (Phi) is 4.71. The molecule has 1 aromatic carbocycles. The molecule has 8 nitrogen and oxygen atoms in total. The smallest absolute Gasteiger partial charge is 0.322 e. The number of nitrogens with zero attached hydrogens (tertiary/aromatic N) is 4. The zero-order valence-electron chi connectivity index (χ0n) is 17.0. The minimum Gasteiger partial charge on any atom is -0.375 e. The van der Waals surface area contributed by atoms with Crippen LogP contribution in [0.25, 0.3) is 11.4 Å². The maximum absolute atomic E-state index is 13.0. The van der Waals surface area contributed by atoms with Crippen LogP contribution in [-0.2, 0) is 24.2 Å². The molecule has 5 rings (SSSR count). The number of carbonyl (C=O) groups excluding carboxylic acids is 1. The third kappa shape index (κ3) is 3.33. The molecule has 0 saturated carbocycles. The first kappa shape index (κ1) is 18.7. The van der Waals surface area contributed by atoms with E-state index in [1.807, 2.05) is 25.3 Å². The topological polar surface area (TPSA) is 93.4 Å². The summed E-state index contributed by atoms with van der Waals surface area (Å²) in [6.45, 7) is 2.95. The lowest BCUT2D eigenvalue weighted by atomic mass is 10.0. The number of benzene rings is 1. The van der Waals surface area contributed by atoms with Gasteiger partial charge in [0.25, 0.3) is 5.89 Å². The van der Waals surface area contributed by atoms with Gasteiger partial charge < -0.3 is 14.6 Å². The first-order valence-electron chi connectivity index (χ1n) is 10.1. The van der Waals surface area contributed by atoms with Crippen molar-refractivity contribution in [3.8, 4) is 11.4 Å². The average molecular weight is 405 g/mol. The van der Waals surface area contributed by atoms with Gasteiger partial charge in [-0.05, 0) is 48.6 Å². The molecule has 0 bridgehead atoms. The Morgan fingerprint density at radius 3 is 3.10 bits per heavy atom. The highest BCUT2D eigenvalue weighted by atomic mass is 16.5. The van der Waals surface area contributed by atoms with E-state index in [-0.39, 0.29) is 12.1 Å². The van der Waals surface area contributed by atoms with Gasteiger partial charge in [0.1, 0.15) is 6.61 Å². The molecule has 0 spiro atoms. The second-order valence-electron chi connectivity index (χ2n) is 7.78. The molecule has 0 saturated heterocycles. The maximum atomic E-state index is 13.0. The average Bonchev–Trinajstić information content (AvgIpc) is 3.46. The molecule has 2 amide bonds. The molecule has 30 heavy (non-hydrogen) atoms. The lowest BCUT2D eigenvalue weighted by Crippen LogP contribution is -2.40. The van der Waals surface area contributed by atoms with Crippen molar-refractivity contribution in [3.63, 3.8) is 0 Å². The van der Waals surface area contributed by atoms with Crippen molar-refractivity contribution >= 4 is 11.7 Å². The minimum atomic E-state index is -0.0644. The minimum absolute atomic E-state index is 0.00214. The fourth-order valence-corrected chi connectivity index (χ4v) is 4.25. The largest absolute Gasteiger partial charge is 0.375 e. The Morgan fingerprint density at radius 2 is 2.23 bits per heavy atom. The summed E-state index contributed by atoms with van der Waals surface area (Å²) in [6, 6.07) is 8.08. The van der Waals surface area contributed by atoms with Crippen molar-refractivity contribution in [2.45, 2.75) is 38.8 Å². The highest BCUT2D eigenvalue weighted by Gasteiger charge is 2.30. The summed E-state index contributed by atoms with van der Waals surface area (Å²) in [5.41, 5.74) is 6.22. The second-order valence-corrected chi connectivity index (χ2v) is 7.78. The summed E-state index contributed by atoms with van der Waals surface area (Å²) >= 11 is 0. The van der Waals surface area contributed by atoms with Gasteiger partial charge in [0.15, 0.2) is 0 Å². The summed E-state index contributed by atoms with van der Waals surface area (Å²) in [7, 11) is 1.59. The van der Waals surface area contributed by atoms with E-state index in [2.05, 4.69) is 32.6 Å². The van der Waals surface area contributed by atoms with Crippen LogP contribution in [0.4, 0.5) is 10.5 Å². The number of hydrogen-bond acceptors (Lipinski definition) is 6. The molecule has 0 fully saturated rings. The van der Waals surface area contributed by atoms with Crippen LogP contribution in [0, 0.1) is 6.92 Å². The predicted octanol–water partition coefficient (Wildman–Crippen LogP) is 3.35. The summed E-state index contributed by atoms with van der Waals surface area (Å²) in [5, 5.41) is 7.24. The number of carbonyl (C=O) groups is 1. The lowest BCUT2D eigenvalue weighted by molar-refractivity contribution is 0.151. The number of urea groups is 1. The third-order valence-corrected chi connectivity index (χ3v) is 5.70. The molecule has 2 aromatic heterocycles. The number of hydrogen-bond donors (Lipinski definition) is 1. The molecule has 1 N–H and O–H groups in total. The van der Waals surface area contributed by atoms with Crippen LogP contribution in [0.3, 0.4) is 0 Å². The van der Waals surface area contributed by atoms with Crippen LogP contribution < -0.4 is 10.2 Å². The van der Waals surface area contributed by atoms with E-state index in [4.69, 9.17) is 9.26 Å². The molecular weight excluding hydrogens is 382 g/mol. The van der Waals surface area contributed by atoms with Crippen LogP contribution in [0.2, 0.25) is 0 Å². The summed E-state index contributed by atoms with van der Waals surface area (Å²) < 4.78 is 10.2. The van der Waals surface area contributed by atoms with Crippen molar-refractivity contribution in [3.05, 3.63) is 58.7 Å². The molecule has 8 heteroatoms. The number of pyridine rings is 1. The number of aryl methyl sites for hydroxylation is 2. The summed E-state index contributed by atoms with van der Waals surface area (Å²) in [5.74, 6) is 1.00. The third-order valence-electron chi connectivity index (χ3n) is 5.70. The number of rotatable bonds is 4. The highest BCUT2D eigenvalue weighted by Crippen LogP contribution is 2.35. The normalized spacial score (nSPS) is 17.1. The van der Waals surface area contributed by atoms with Gasteiger partial charge in [-0.3, -0.25) is 9.88 Å². The van der Waals surface area contributed by atoms with E-state index in [1.165, 1.54) is 5.56 Å². The Labute approximate surface area is 174 Å².